The van der Waals surface area contributed by atoms with Crippen molar-refractivity contribution in [2.75, 3.05) is 14.2 Å². The number of allylic oxidation sites excluding steroid dienone is 1. The van der Waals surface area contributed by atoms with Gasteiger partial charge in [-0.3, -0.25) is 9.59 Å². The van der Waals surface area contributed by atoms with E-state index < -0.39 is 11.9 Å². The molecule has 0 bridgehead atoms. The Morgan fingerprint density at radius 2 is 2.00 bits per heavy atom. The van der Waals surface area contributed by atoms with Gasteiger partial charge in [-0.05, 0) is 12.8 Å². The van der Waals surface area contributed by atoms with E-state index in [1.165, 1.54) is 14.2 Å². The molecule has 0 radical (unpaired) electrons. The first-order chi connectivity index (χ1) is 6.65. The highest BCUT2D eigenvalue weighted by atomic mass is 16.5. The molecule has 0 aromatic rings. The molecule has 1 unspecified atom stereocenters. The van der Waals surface area contributed by atoms with Crippen LogP contribution in [0, 0.1) is 5.92 Å². The lowest BCUT2D eigenvalue weighted by atomic mass is 10.00. The molecule has 0 aliphatic carbocycles. The van der Waals surface area contributed by atoms with Crippen LogP contribution in [-0.2, 0) is 19.1 Å². The second-order valence-corrected chi connectivity index (χ2v) is 2.87. The van der Waals surface area contributed by atoms with Gasteiger partial charge in [0, 0.05) is 0 Å². The molecule has 0 saturated heterocycles. The molecule has 0 aliphatic rings. The van der Waals surface area contributed by atoms with Gasteiger partial charge >= 0.3 is 11.9 Å². The summed E-state index contributed by atoms with van der Waals surface area (Å²) in [6.45, 7) is 3.55. The smallest absolute Gasteiger partial charge is 0.309 e. The third-order valence-electron chi connectivity index (χ3n) is 1.89. The summed E-state index contributed by atoms with van der Waals surface area (Å²) in [6, 6.07) is 0. The van der Waals surface area contributed by atoms with Crippen LogP contribution in [0.3, 0.4) is 0 Å². The molecule has 1 atom stereocenters. The first-order valence-corrected chi connectivity index (χ1v) is 4.41. The van der Waals surface area contributed by atoms with Crippen molar-refractivity contribution in [2.45, 2.75) is 19.3 Å². The summed E-state index contributed by atoms with van der Waals surface area (Å²) in [7, 11) is 2.60. The lowest BCUT2D eigenvalue weighted by Gasteiger charge is -2.11. The summed E-state index contributed by atoms with van der Waals surface area (Å²) >= 11 is 0. The Balaban J connectivity index is 4.16. The Kier molecular flexibility index (Phi) is 6.45. The third kappa shape index (κ3) is 4.64. The summed E-state index contributed by atoms with van der Waals surface area (Å²) < 4.78 is 9.06. The predicted molar refractivity (Wildman–Crippen MR) is 51.6 cm³/mol. The molecule has 0 spiro atoms. The Morgan fingerprint density at radius 3 is 2.43 bits per heavy atom. The van der Waals surface area contributed by atoms with E-state index in [0.717, 1.165) is 0 Å². The van der Waals surface area contributed by atoms with Crippen molar-refractivity contribution in [1.82, 2.24) is 0 Å². The molecular weight excluding hydrogens is 184 g/mol. The molecule has 0 N–H and O–H groups in total. The lowest BCUT2D eigenvalue weighted by molar-refractivity contribution is -0.152. The van der Waals surface area contributed by atoms with E-state index in [0.29, 0.717) is 12.8 Å². The fourth-order valence-electron chi connectivity index (χ4n) is 1.07. The van der Waals surface area contributed by atoms with E-state index in [9.17, 15) is 9.59 Å². The van der Waals surface area contributed by atoms with Crippen molar-refractivity contribution >= 4 is 11.9 Å². The van der Waals surface area contributed by atoms with Crippen LogP contribution >= 0.6 is 0 Å². The van der Waals surface area contributed by atoms with Gasteiger partial charge in [0.05, 0.1) is 26.6 Å². The fourth-order valence-corrected chi connectivity index (χ4v) is 1.07. The quantitative estimate of drug-likeness (QED) is 0.479. The number of carbonyl (C=O) groups is 2. The van der Waals surface area contributed by atoms with E-state index in [4.69, 9.17) is 0 Å². The maximum atomic E-state index is 11.2. The molecule has 0 fully saturated rings. The molecule has 0 saturated carbocycles. The summed E-state index contributed by atoms with van der Waals surface area (Å²) in [4.78, 5) is 22.2. The largest absolute Gasteiger partial charge is 0.469 e. The number of hydrogen-bond donors (Lipinski definition) is 0. The summed E-state index contributed by atoms with van der Waals surface area (Å²) in [6.07, 6.45) is 3.01. The van der Waals surface area contributed by atoms with E-state index in [1.807, 2.05) is 0 Å². The summed E-state index contributed by atoms with van der Waals surface area (Å²) in [5, 5.41) is 0. The van der Waals surface area contributed by atoms with Crippen LogP contribution in [0.15, 0.2) is 12.7 Å². The molecule has 14 heavy (non-hydrogen) atoms. The number of ether oxygens (including phenoxy) is 2. The Labute approximate surface area is 83.9 Å². The average Bonchev–Trinajstić information content (AvgIpc) is 2.22. The number of esters is 2. The number of carbonyl (C=O) groups excluding carboxylic acids is 2. The van der Waals surface area contributed by atoms with Crippen molar-refractivity contribution < 1.29 is 19.1 Å². The van der Waals surface area contributed by atoms with E-state index in [2.05, 4.69) is 16.1 Å². The van der Waals surface area contributed by atoms with Gasteiger partial charge in [-0.15, -0.1) is 6.58 Å². The van der Waals surface area contributed by atoms with Gasteiger partial charge < -0.3 is 9.47 Å². The normalized spacial score (nSPS) is 11.6. The van der Waals surface area contributed by atoms with Crippen LogP contribution in [0.2, 0.25) is 0 Å². The minimum Gasteiger partial charge on any atom is -0.469 e. The second kappa shape index (κ2) is 7.12. The van der Waals surface area contributed by atoms with Crippen LogP contribution in [0.5, 0.6) is 0 Å². The lowest BCUT2D eigenvalue weighted by Crippen LogP contribution is -2.20. The molecule has 0 amide bonds. The minimum absolute atomic E-state index is 0.0665. The van der Waals surface area contributed by atoms with Crippen molar-refractivity contribution in [3.63, 3.8) is 0 Å². The zero-order valence-corrected chi connectivity index (χ0v) is 8.62. The van der Waals surface area contributed by atoms with Gasteiger partial charge in [0.1, 0.15) is 0 Å². The van der Waals surface area contributed by atoms with Crippen molar-refractivity contribution in [2.24, 2.45) is 5.92 Å². The van der Waals surface area contributed by atoms with E-state index in [-0.39, 0.29) is 12.4 Å². The maximum absolute atomic E-state index is 11.2. The molecule has 0 heterocycles. The van der Waals surface area contributed by atoms with Crippen LogP contribution in [0.1, 0.15) is 19.3 Å². The fraction of sp³-hybridized carbons (Fsp3) is 0.600. The van der Waals surface area contributed by atoms with Gasteiger partial charge in [0.2, 0.25) is 0 Å². The second-order valence-electron chi connectivity index (χ2n) is 2.87. The zero-order valence-electron chi connectivity index (χ0n) is 8.62. The molecule has 4 heteroatoms. The first-order valence-electron chi connectivity index (χ1n) is 4.41. The molecular formula is C10H16O4. The van der Waals surface area contributed by atoms with Gasteiger partial charge in [-0.2, -0.15) is 0 Å². The predicted octanol–water partition coefficient (Wildman–Crippen LogP) is 1.30. The van der Waals surface area contributed by atoms with Crippen molar-refractivity contribution in [3.05, 3.63) is 12.7 Å². The van der Waals surface area contributed by atoms with Gasteiger partial charge in [-0.1, -0.05) is 6.08 Å². The third-order valence-corrected chi connectivity index (χ3v) is 1.89. The molecule has 0 aromatic heterocycles. The summed E-state index contributed by atoms with van der Waals surface area (Å²) in [5.41, 5.74) is 0. The SMILES string of the molecule is C=CCCC(CC(=O)OC)C(=O)OC. The highest BCUT2D eigenvalue weighted by Gasteiger charge is 2.22. The van der Waals surface area contributed by atoms with Gasteiger partial charge in [0.25, 0.3) is 0 Å². The monoisotopic (exact) mass is 200 g/mol. The molecule has 0 aromatic carbocycles. The number of rotatable bonds is 6. The van der Waals surface area contributed by atoms with Crippen LogP contribution in [-0.4, -0.2) is 26.2 Å². The summed E-state index contributed by atoms with van der Waals surface area (Å²) in [5.74, 6) is -1.20. The zero-order chi connectivity index (χ0) is 11.0. The standard InChI is InChI=1S/C10H16O4/c1-4-5-6-8(10(12)14-3)7-9(11)13-2/h4,8H,1,5-7H2,2-3H3. The number of hydrogen-bond acceptors (Lipinski definition) is 4. The Hall–Kier alpha value is -1.32. The highest BCUT2D eigenvalue weighted by Crippen LogP contribution is 2.14. The maximum Gasteiger partial charge on any atom is 0.309 e. The van der Waals surface area contributed by atoms with E-state index >= 15 is 0 Å². The van der Waals surface area contributed by atoms with Crippen LogP contribution < -0.4 is 0 Å². The molecule has 0 aliphatic heterocycles. The van der Waals surface area contributed by atoms with Crippen molar-refractivity contribution in [3.8, 4) is 0 Å². The van der Waals surface area contributed by atoms with E-state index in [1.54, 1.807) is 6.08 Å². The highest BCUT2D eigenvalue weighted by molar-refractivity contribution is 5.79. The van der Waals surface area contributed by atoms with Gasteiger partial charge in [-0.25, -0.2) is 0 Å². The molecule has 80 valence electrons. The molecule has 0 rings (SSSR count). The topological polar surface area (TPSA) is 52.6 Å². The van der Waals surface area contributed by atoms with Gasteiger partial charge in [0.15, 0.2) is 0 Å². The first kappa shape index (κ1) is 12.7. The average molecular weight is 200 g/mol. The van der Waals surface area contributed by atoms with Crippen molar-refractivity contribution in [1.29, 1.82) is 0 Å². The Bertz CT molecular complexity index is 210. The molecule has 4 nitrogen and oxygen atoms in total. The van der Waals surface area contributed by atoms with Crippen LogP contribution in [0.4, 0.5) is 0 Å². The minimum atomic E-state index is -0.426. The Morgan fingerprint density at radius 1 is 1.36 bits per heavy atom. The number of methoxy groups -OCH3 is 2. The van der Waals surface area contributed by atoms with Crippen LogP contribution in [0.25, 0.3) is 0 Å².